The standard InChI is InChI=1S/C17H29N2O9P/c1-16(2,3)27-13-10(9-25-29(23,24)28-17(4,5)6)26-14(12(13)21)19-8-7-11(20)18-15(19)22/h7-8,10,12-14,21H,9H2,1-6H3,(H,23,24)(H,18,20,22). The Kier molecular flexibility index (Phi) is 6.96. The van der Waals surface area contributed by atoms with Crippen molar-refractivity contribution in [3.8, 4) is 0 Å². The number of nitrogens with zero attached hydrogens (tertiary/aromatic N) is 1. The molecule has 1 saturated heterocycles. The van der Waals surface area contributed by atoms with Crippen LogP contribution in [0.3, 0.4) is 0 Å². The van der Waals surface area contributed by atoms with Crippen molar-refractivity contribution < 1.29 is 33.1 Å². The number of hydrogen-bond donors (Lipinski definition) is 3. The number of aliphatic hydroxyl groups excluding tert-OH is 1. The van der Waals surface area contributed by atoms with Crippen LogP contribution >= 0.6 is 7.82 Å². The summed E-state index contributed by atoms with van der Waals surface area (Å²) < 4.78 is 34.8. The molecule has 1 fully saturated rings. The van der Waals surface area contributed by atoms with E-state index >= 15 is 0 Å². The Morgan fingerprint density at radius 2 is 1.83 bits per heavy atom. The first kappa shape index (κ1) is 23.9. The van der Waals surface area contributed by atoms with Gasteiger partial charge in [0.15, 0.2) is 6.23 Å². The van der Waals surface area contributed by atoms with Gasteiger partial charge in [-0.3, -0.25) is 23.4 Å². The second-order valence-electron chi connectivity index (χ2n) is 8.74. The molecule has 2 rings (SSSR count). The first-order chi connectivity index (χ1) is 13.1. The van der Waals surface area contributed by atoms with Gasteiger partial charge in [-0.15, -0.1) is 0 Å². The molecule has 0 aromatic carbocycles. The van der Waals surface area contributed by atoms with Gasteiger partial charge in [0.1, 0.15) is 18.3 Å². The van der Waals surface area contributed by atoms with Crippen LogP contribution in [-0.2, 0) is 23.1 Å². The lowest BCUT2D eigenvalue weighted by atomic mass is 10.1. The van der Waals surface area contributed by atoms with Gasteiger partial charge < -0.3 is 19.5 Å². The highest BCUT2D eigenvalue weighted by atomic mass is 31.2. The van der Waals surface area contributed by atoms with Crippen LogP contribution in [0.15, 0.2) is 21.9 Å². The number of aromatic nitrogens is 2. The van der Waals surface area contributed by atoms with Crippen LogP contribution < -0.4 is 11.2 Å². The number of H-pyrrole nitrogens is 1. The van der Waals surface area contributed by atoms with E-state index < -0.39 is 61.4 Å². The summed E-state index contributed by atoms with van der Waals surface area (Å²) >= 11 is 0. The van der Waals surface area contributed by atoms with E-state index in [-0.39, 0.29) is 0 Å². The molecule has 1 aliphatic rings. The lowest BCUT2D eigenvalue weighted by Gasteiger charge is -2.30. The number of phosphoric acid groups is 1. The van der Waals surface area contributed by atoms with Gasteiger partial charge in [0.05, 0.1) is 17.8 Å². The van der Waals surface area contributed by atoms with E-state index in [9.17, 15) is 24.2 Å². The lowest BCUT2D eigenvalue weighted by molar-refractivity contribution is -0.119. The van der Waals surface area contributed by atoms with Gasteiger partial charge in [-0.1, -0.05) is 0 Å². The Hall–Kier alpha value is -1.33. The van der Waals surface area contributed by atoms with Crippen molar-refractivity contribution in [3.63, 3.8) is 0 Å². The molecule has 2 heterocycles. The van der Waals surface area contributed by atoms with Crippen molar-refractivity contribution >= 4 is 7.82 Å². The van der Waals surface area contributed by atoms with Gasteiger partial charge in [-0.05, 0) is 41.5 Å². The molecule has 1 aliphatic heterocycles. The molecule has 0 saturated carbocycles. The molecule has 1 aromatic rings. The number of aromatic amines is 1. The van der Waals surface area contributed by atoms with Crippen LogP contribution in [0.1, 0.15) is 47.8 Å². The highest BCUT2D eigenvalue weighted by Gasteiger charge is 2.48. The smallest absolute Gasteiger partial charge is 0.386 e. The summed E-state index contributed by atoms with van der Waals surface area (Å²) in [4.78, 5) is 35.4. The number of ether oxygens (including phenoxy) is 2. The van der Waals surface area contributed by atoms with Gasteiger partial charge >= 0.3 is 13.5 Å². The van der Waals surface area contributed by atoms with E-state index in [1.165, 1.54) is 6.20 Å². The topological polar surface area (TPSA) is 149 Å². The van der Waals surface area contributed by atoms with E-state index in [1.54, 1.807) is 41.5 Å². The second-order valence-corrected chi connectivity index (χ2v) is 10.1. The molecule has 166 valence electrons. The highest BCUT2D eigenvalue weighted by Crippen LogP contribution is 2.48. The fraction of sp³-hybridized carbons (Fsp3) is 0.765. The first-order valence-electron chi connectivity index (χ1n) is 9.09. The van der Waals surface area contributed by atoms with Gasteiger partial charge in [-0.2, -0.15) is 0 Å². The number of phosphoric ester groups is 1. The van der Waals surface area contributed by atoms with Crippen LogP contribution in [0.2, 0.25) is 0 Å². The molecule has 5 atom stereocenters. The summed E-state index contributed by atoms with van der Waals surface area (Å²) in [5.74, 6) is 0. The molecule has 0 spiro atoms. The quantitative estimate of drug-likeness (QED) is 0.553. The van der Waals surface area contributed by atoms with Crippen molar-refractivity contribution in [3.05, 3.63) is 33.1 Å². The van der Waals surface area contributed by atoms with E-state index in [0.717, 1.165) is 10.6 Å². The SMILES string of the molecule is CC(C)(C)OC1C(COP(=O)(O)OC(C)(C)C)OC(n2ccc(=O)[nH]c2=O)C1O. The van der Waals surface area contributed by atoms with Gasteiger partial charge in [-0.25, -0.2) is 9.36 Å². The molecule has 11 nitrogen and oxygen atoms in total. The van der Waals surface area contributed by atoms with E-state index in [1.807, 2.05) is 0 Å². The summed E-state index contributed by atoms with van der Waals surface area (Å²) in [6.45, 7) is 9.64. The summed E-state index contributed by atoms with van der Waals surface area (Å²) in [7, 11) is -4.40. The Morgan fingerprint density at radius 3 is 2.34 bits per heavy atom. The summed E-state index contributed by atoms with van der Waals surface area (Å²) in [5.41, 5.74) is -2.99. The summed E-state index contributed by atoms with van der Waals surface area (Å²) in [6.07, 6.45) is -3.29. The fourth-order valence-corrected chi connectivity index (χ4v) is 3.89. The number of hydrogen-bond acceptors (Lipinski definition) is 8. The van der Waals surface area contributed by atoms with Crippen LogP contribution in [-0.4, -0.2) is 55.7 Å². The number of rotatable bonds is 6. The molecule has 5 unspecified atom stereocenters. The van der Waals surface area contributed by atoms with E-state index in [0.29, 0.717) is 0 Å². The first-order valence-corrected chi connectivity index (χ1v) is 10.6. The Labute approximate surface area is 168 Å². The molecule has 29 heavy (non-hydrogen) atoms. The van der Waals surface area contributed by atoms with E-state index in [2.05, 4.69) is 4.98 Å². The fourth-order valence-electron chi connectivity index (χ4n) is 2.81. The third kappa shape index (κ3) is 6.85. The van der Waals surface area contributed by atoms with Gasteiger partial charge in [0.2, 0.25) is 0 Å². The van der Waals surface area contributed by atoms with Crippen molar-refractivity contribution in [1.29, 1.82) is 0 Å². The molecular formula is C17H29N2O9P. The average molecular weight is 436 g/mol. The van der Waals surface area contributed by atoms with Crippen molar-refractivity contribution in [2.24, 2.45) is 0 Å². The van der Waals surface area contributed by atoms with Crippen molar-refractivity contribution in [2.45, 2.75) is 77.3 Å². The third-order valence-electron chi connectivity index (χ3n) is 3.72. The predicted octanol–water partition coefficient (Wildman–Crippen LogP) is 0.911. The Balaban J connectivity index is 2.25. The second kappa shape index (κ2) is 8.43. The minimum absolute atomic E-state index is 0.434. The van der Waals surface area contributed by atoms with Crippen LogP contribution in [0.5, 0.6) is 0 Å². The number of aliphatic hydroxyl groups is 1. The molecule has 1 aromatic heterocycles. The van der Waals surface area contributed by atoms with Crippen molar-refractivity contribution in [1.82, 2.24) is 9.55 Å². The lowest BCUT2D eigenvalue weighted by Crippen LogP contribution is -2.42. The zero-order valence-corrected chi connectivity index (χ0v) is 18.2. The normalized spacial score (nSPS) is 27.7. The van der Waals surface area contributed by atoms with Crippen LogP contribution in [0.25, 0.3) is 0 Å². The Bertz CT molecular complexity index is 867. The zero-order valence-electron chi connectivity index (χ0n) is 17.3. The average Bonchev–Trinajstić information content (AvgIpc) is 2.78. The maximum atomic E-state index is 12.2. The minimum Gasteiger partial charge on any atom is -0.386 e. The van der Waals surface area contributed by atoms with Crippen molar-refractivity contribution in [2.75, 3.05) is 6.61 Å². The largest absolute Gasteiger partial charge is 0.472 e. The predicted molar refractivity (Wildman–Crippen MR) is 102 cm³/mol. The highest BCUT2D eigenvalue weighted by molar-refractivity contribution is 7.47. The molecule has 3 N–H and O–H groups in total. The zero-order chi connectivity index (χ0) is 22.2. The summed E-state index contributed by atoms with van der Waals surface area (Å²) in [6, 6.07) is 1.11. The molecular weight excluding hydrogens is 407 g/mol. The van der Waals surface area contributed by atoms with Gasteiger partial charge in [0.25, 0.3) is 5.56 Å². The summed E-state index contributed by atoms with van der Waals surface area (Å²) in [5, 5.41) is 10.7. The minimum atomic E-state index is -4.40. The monoisotopic (exact) mass is 436 g/mol. The van der Waals surface area contributed by atoms with Crippen LogP contribution in [0, 0.1) is 0 Å². The van der Waals surface area contributed by atoms with E-state index in [4.69, 9.17) is 18.5 Å². The molecule has 0 radical (unpaired) electrons. The third-order valence-corrected chi connectivity index (χ3v) is 4.97. The Morgan fingerprint density at radius 1 is 1.21 bits per heavy atom. The molecule has 0 amide bonds. The van der Waals surface area contributed by atoms with Crippen LogP contribution in [0.4, 0.5) is 0 Å². The maximum absolute atomic E-state index is 12.2. The maximum Gasteiger partial charge on any atom is 0.472 e. The molecule has 0 aliphatic carbocycles. The van der Waals surface area contributed by atoms with Gasteiger partial charge in [0, 0.05) is 12.3 Å². The molecule has 0 bridgehead atoms. The number of nitrogens with one attached hydrogen (secondary N) is 1. The molecule has 12 heteroatoms.